The first-order valence-corrected chi connectivity index (χ1v) is 5.66. The van der Waals surface area contributed by atoms with Gasteiger partial charge in [-0.3, -0.25) is 0 Å². The number of nitrogens with zero attached hydrogens (tertiary/aromatic N) is 1. The van der Waals surface area contributed by atoms with Crippen molar-refractivity contribution in [2.24, 2.45) is 0 Å². The molecule has 0 saturated carbocycles. The zero-order valence-electron chi connectivity index (χ0n) is 9.97. The molecule has 0 radical (unpaired) electrons. The molecule has 0 bridgehead atoms. The van der Waals surface area contributed by atoms with Crippen molar-refractivity contribution in [1.29, 1.82) is 0 Å². The van der Waals surface area contributed by atoms with Crippen molar-refractivity contribution in [3.8, 4) is 11.5 Å². The Kier molecular flexibility index (Phi) is 2.23. The lowest BCUT2D eigenvalue weighted by Crippen LogP contribution is -1.87. The third-order valence-electron chi connectivity index (χ3n) is 2.91. The van der Waals surface area contributed by atoms with Gasteiger partial charge in [0, 0.05) is 23.0 Å². The van der Waals surface area contributed by atoms with E-state index in [0.717, 1.165) is 16.6 Å². The number of hydrogen-bond acceptors (Lipinski definition) is 4. The fourth-order valence-corrected chi connectivity index (χ4v) is 1.89. The maximum atomic E-state index is 5.85. The van der Waals surface area contributed by atoms with Crippen molar-refractivity contribution in [1.82, 2.24) is 4.98 Å². The van der Waals surface area contributed by atoms with E-state index < -0.39 is 0 Å². The minimum Gasteiger partial charge on any atom is -0.436 e. The summed E-state index contributed by atoms with van der Waals surface area (Å²) < 4.78 is 5.70. The fourth-order valence-electron chi connectivity index (χ4n) is 1.89. The molecule has 1 aromatic heterocycles. The fraction of sp³-hybridized carbons (Fsp3) is 0.0714. The van der Waals surface area contributed by atoms with Gasteiger partial charge in [-0.2, -0.15) is 0 Å². The maximum Gasteiger partial charge on any atom is 0.227 e. The highest BCUT2D eigenvalue weighted by Crippen LogP contribution is 2.28. The number of hydrogen-bond donors (Lipinski definition) is 2. The van der Waals surface area contributed by atoms with Gasteiger partial charge in [0.1, 0.15) is 5.52 Å². The molecule has 0 fully saturated rings. The minimum absolute atomic E-state index is 0.558. The van der Waals surface area contributed by atoms with Crippen LogP contribution in [0, 0.1) is 6.92 Å². The minimum atomic E-state index is 0.558. The standard InChI is InChI=1S/C14H13N3O/c1-8-5-12-13(7-11(8)16)18-14(17-12)9-3-2-4-10(15)6-9/h2-7H,15-16H2,1H3. The third kappa shape index (κ3) is 1.68. The Morgan fingerprint density at radius 3 is 2.72 bits per heavy atom. The molecule has 4 N–H and O–H groups in total. The van der Waals surface area contributed by atoms with E-state index in [4.69, 9.17) is 15.9 Å². The van der Waals surface area contributed by atoms with Crippen molar-refractivity contribution < 1.29 is 4.42 Å². The van der Waals surface area contributed by atoms with Crippen LogP contribution in [0.1, 0.15) is 5.56 Å². The van der Waals surface area contributed by atoms with Gasteiger partial charge in [0.05, 0.1) is 0 Å². The highest BCUT2D eigenvalue weighted by atomic mass is 16.3. The summed E-state index contributed by atoms with van der Waals surface area (Å²) in [6.07, 6.45) is 0. The topological polar surface area (TPSA) is 78.1 Å². The van der Waals surface area contributed by atoms with Crippen LogP contribution in [0.3, 0.4) is 0 Å². The van der Waals surface area contributed by atoms with Gasteiger partial charge < -0.3 is 15.9 Å². The van der Waals surface area contributed by atoms with Gasteiger partial charge in [-0.25, -0.2) is 4.98 Å². The average molecular weight is 239 g/mol. The Bertz CT molecular complexity index is 692. The molecule has 18 heavy (non-hydrogen) atoms. The Hall–Kier alpha value is -2.49. The van der Waals surface area contributed by atoms with Crippen LogP contribution in [-0.2, 0) is 0 Å². The second-order valence-corrected chi connectivity index (χ2v) is 4.32. The normalized spacial score (nSPS) is 10.9. The van der Waals surface area contributed by atoms with Crippen LogP contribution in [-0.4, -0.2) is 4.98 Å². The number of fused-ring (bicyclic) bond motifs is 1. The summed E-state index contributed by atoms with van der Waals surface area (Å²) in [4.78, 5) is 4.45. The van der Waals surface area contributed by atoms with Crippen molar-refractivity contribution >= 4 is 22.5 Å². The first-order valence-electron chi connectivity index (χ1n) is 5.66. The van der Waals surface area contributed by atoms with E-state index in [0.29, 0.717) is 22.8 Å². The van der Waals surface area contributed by atoms with Crippen molar-refractivity contribution in [2.75, 3.05) is 11.5 Å². The molecule has 4 nitrogen and oxygen atoms in total. The largest absolute Gasteiger partial charge is 0.436 e. The maximum absolute atomic E-state index is 5.85. The summed E-state index contributed by atoms with van der Waals surface area (Å²) in [5.74, 6) is 0.558. The Balaban J connectivity index is 2.19. The first-order chi connectivity index (χ1) is 8.63. The molecule has 0 unspecified atom stereocenters. The molecule has 0 atom stereocenters. The second-order valence-electron chi connectivity index (χ2n) is 4.32. The number of nitrogen functional groups attached to an aromatic ring is 2. The number of benzene rings is 2. The number of rotatable bonds is 1. The lowest BCUT2D eigenvalue weighted by molar-refractivity contribution is 0.620. The van der Waals surface area contributed by atoms with E-state index in [1.807, 2.05) is 37.3 Å². The Morgan fingerprint density at radius 2 is 1.94 bits per heavy atom. The molecule has 0 saturated heterocycles. The molecule has 1 heterocycles. The summed E-state index contributed by atoms with van der Waals surface area (Å²) in [5, 5.41) is 0. The van der Waals surface area contributed by atoms with Crippen LogP contribution in [0.2, 0.25) is 0 Å². The molecule has 0 aliphatic rings. The molecular weight excluding hydrogens is 226 g/mol. The Morgan fingerprint density at radius 1 is 1.11 bits per heavy atom. The Labute approximate surface area is 104 Å². The molecule has 2 aromatic carbocycles. The predicted molar refractivity (Wildman–Crippen MR) is 73.0 cm³/mol. The molecule has 4 heteroatoms. The van der Waals surface area contributed by atoms with Gasteiger partial charge >= 0.3 is 0 Å². The molecule has 0 amide bonds. The number of anilines is 2. The SMILES string of the molecule is Cc1cc2nc(-c3cccc(N)c3)oc2cc1N. The molecule has 3 rings (SSSR count). The number of nitrogens with two attached hydrogens (primary N) is 2. The third-order valence-corrected chi connectivity index (χ3v) is 2.91. The zero-order valence-corrected chi connectivity index (χ0v) is 9.97. The summed E-state index contributed by atoms with van der Waals surface area (Å²) in [6, 6.07) is 11.2. The number of oxazole rings is 1. The lowest BCUT2D eigenvalue weighted by Gasteiger charge is -1.96. The van der Waals surface area contributed by atoms with E-state index >= 15 is 0 Å². The van der Waals surface area contributed by atoms with Crippen molar-refractivity contribution in [3.63, 3.8) is 0 Å². The zero-order chi connectivity index (χ0) is 12.7. The van der Waals surface area contributed by atoms with E-state index in [2.05, 4.69) is 4.98 Å². The molecule has 90 valence electrons. The molecular formula is C14H13N3O. The summed E-state index contributed by atoms with van der Waals surface area (Å²) >= 11 is 0. The number of aryl methyl sites for hydroxylation is 1. The highest BCUT2D eigenvalue weighted by Gasteiger charge is 2.09. The quantitative estimate of drug-likeness (QED) is 0.640. The van der Waals surface area contributed by atoms with E-state index in [1.165, 1.54) is 0 Å². The smallest absolute Gasteiger partial charge is 0.227 e. The molecule has 0 spiro atoms. The predicted octanol–water partition coefficient (Wildman–Crippen LogP) is 2.97. The molecule has 0 aliphatic carbocycles. The van der Waals surface area contributed by atoms with Crippen LogP contribution in [0.4, 0.5) is 11.4 Å². The van der Waals surface area contributed by atoms with Gasteiger partial charge in [-0.05, 0) is 36.8 Å². The van der Waals surface area contributed by atoms with Gasteiger partial charge in [-0.15, -0.1) is 0 Å². The summed E-state index contributed by atoms with van der Waals surface area (Å²) in [6.45, 7) is 1.95. The lowest BCUT2D eigenvalue weighted by atomic mass is 10.2. The van der Waals surface area contributed by atoms with Crippen molar-refractivity contribution in [3.05, 3.63) is 42.0 Å². The highest BCUT2D eigenvalue weighted by molar-refractivity contribution is 5.81. The van der Waals surface area contributed by atoms with Crippen molar-refractivity contribution in [2.45, 2.75) is 6.92 Å². The molecule has 3 aromatic rings. The van der Waals surface area contributed by atoms with Gasteiger partial charge in [0.25, 0.3) is 0 Å². The first kappa shape index (κ1) is 10.7. The van der Waals surface area contributed by atoms with E-state index in [-0.39, 0.29) is 0 Å². The number of aromatic nitrogens is 1. The van der Waals surface area contributed by atoms with Crippen LogP contribution in [0.5, 0.6) is 0 Å². The van der Waals surface area contributed by atoms with Crippen LogP contribution >= 0.6 is 0 Å². The second kappa shape index (κ2) is 3.77. The van der Waals surface area contributed by atoms with E-state index in [1.54, 1.807) is 6.07 Å². The summed E-state index contributed by atoms with van der Waals surface area (Å²) in [5.41, 5.74) is 16.3. The van der Waals surface area contributed by atoms with Crippen LogP contribution in [0.25, 0.3) is 22.6 Å². The van der Waals surface area contributed by atoms with Gasteiger partial charge in [0.2, 0.25) is 5.89 Å². The average Bonchev–Trinajstić information content (AvgIpc) is 2.73. The van der Waals surface area contributed by atoms with Crippen LogP contribution < -0.4 is 11.5 Å². The monoisotopic (exact) mass is 239 g/mol. The molecule has 0 aliphatic heterocycles. The van der Waals surface area contributed by atoms with E-state index in [9.17, 15) is 0 Å². The van der Waals surface area contributed by atoms with Gasteiger partial charge in [0.15, 0.2) is 5.58 Å². The van der Waals surface area contributed by atoms with Gasteiger partial charge in [-0.1, -0.05) is 6.07 Å². The van der Waals surface area contributed by atoms with Crippen LogP contribution in [0.15, 0.2) is 40.8 Å². The summed E-state index contributed by atoms with van der Waals surface area (Å²) in [7, 11) is 0.